The minimum atomic E-state index is -0.392. The summed E-state index contributed by atoms with van der Waals surface area (Å²) in [5.74, 6) is 0.813. The molecule has 2 saturated carbocycles. The van der Waals surface area contributed by atoms with Crippen LogP contribution in [0.2, 0.25) is 5.02 Å². The Morgan fingerprint density at radius 3 is 2.34 bits per heavy atom. The molecule has 1 atom stereocenters. The molecule has 2 N–H and O–H groups in total. The lowest BCUT2D eigenvalue weighted by Gasteiger charge is -2.32. The molecule has 2 aliphatic carbocycles. The number of halogens is 2. The molecule has 0 radical (unpaired) electrons. The number of carbonyl (C=O) groups is 1. The summed E-state index contributed by atoms with van der Waals surface area (Å²) < 4.78 is 13.4. The van der Waals surface area contributed by atoms with E-state index < -0.39 is 5.41 Å². The molecular weight excluding hydrogens is 499 g/mol. The maximum absolute atomic E-state index is 13.7. The fourth-order valence-electron chi connectivity index (χ4n) is 6.09. The van der Waals surface area contributed by atoms with Crippen molar-refractivity contribution in [2.24, 2.45) is 5.92 Å². The first-order chi connectivity index (χ1) is 18.3. The number of amides is 1. The van der Waals surface area contributed by atoms with Gasteiger partial charge in [0.2, 0.25) is 5.95 Å². The molecule has 5 nitrogen and oxygen atoms in total. The molecule has 0 aliphatic heterocycles. The Morgan fingerprint density at radius 1 is 1.03 bits per heavy atom. The van der Waals surface area contributed by atoms with Crippen molar-refractivity contribution >= 4 is 23.5 Å². The van der Waals surface area contributed by atoms with E-state index in [2.05, 4.69) is 34.7 Å². The maximum Gasteiger partial charge on any atom is 0.255 e. The van der Waals surface area contributed by atoms with E-state index in [1.54, 1.807) is 18.3 Å². The van der Waals surface area contributed by atoms with Gasteiger partial charge in [-0.3, -0.25) is 4.79 Å². The lowest BCUT2D eigenvalue weighted by Crippen LogP contribution is -2.34. The number of benzene rings is 2. The fraction of sp³-hybridized carbons (Fsp3) is 0.452. The molecule has 1 heterocycles. The summed E-state index contributed by atoms with van der Waals surface area (Å²) in [6.07, 6.45) is 10.2. The average Bonchev–Trinajstić information content (AvgIpc) is 3.42. The predicted molar refractivity (Wildman–Crippen MR) is 150 cm³/mol. The van der Waals surface area contributed by atoms with E-state index in [-0.39, 0.29) is 17.8 Å². The first-order valence-electron chi connectivity index (χ1n) is 13.8. The second-order valence-electron chi connectivity index (χ2n) is 11.1. The molecule has 1 amide bonds. The molecule has 1 aromatic heterocycles. The van der Waals surface area contributed by atoms with Crippen LogP contribution in [-0.4, -0.2) is 21.9 Å². The SMILES string of the molecule is CC1CCC(Nc2ncc(C(=O)NC(C)c3ccc(F)cc3)c(C3(c4ccc(Cl)cc4)CCCC3)n2)CC1. The van der Waals surface area contributed by atoms with Gasteiger partial charge in [0.05, 0.1) is 17.3 Å². The van der Waals surface area contributed by atoms with Crippen LogP contribution in [0.4, 0.5) is 10.3 Å². The zero-order valence-electron chi connectivity index (χ0n) is 22.1. The van der Waals surface area contributed by atoms with Crippen molar-refractivity contribution < 1.29 is 9.18 Å². The number of anilines is 1. The van der Waals surface area contributed by atoms with Gasteiger partial charge in [0.1, 0.15) is 5.82 Å². The zero-order valence-corrected chi connectivity index (χ0v) is 22.9. The minimum Gasteiger partial charge on any atom is -0.351 e. The first-order valence-corrected chi connectivity index (χ1v) is 14.2. The van der Waals surface area contributed by atoms with Crippen LogP contribution in [0.3, 0.4) is 0 Å². The summed E-state index contributed by atoms with van der Waals surface area (Å²) in [6, 6.07) is 14.2. The van der Waals surface area contributed by atoms with Crippen LogP contribution in [-0.2, 0) is 5.41 Å². The van der Waals surface area contributed by atoms with Crippen LogP contribution in [0, 0.1) is 11.7 Å². The summed E-state index contributed by atoms with van der Waals surface area (Å²) in [4.78, 5) is 23.4. The number of nitrogens with zero attached hydrogens (tertiary/aromatic N) is 2. The topological polar surface area (TPSA) is 66.9 Å². The highest BCUT2D eigenvalue weighted by Crippen LogP contribution is 2.47. The highest BCUT2D eigenvalue weighted by molar-refractivity contribution is 6.30. The van der Waals surface area contributed by atoms with Crippen LogP contribution in [0.25, 0.3) is 0 Å². The number of hydrogen-bond donors (Lipinski definition) is 2. The Balaban J connectivity index is 1.51. The fourth-order valence-corrected chi connectivity index (χ4v) is 6.21. The third-order valence-corrected chi connectivity index (χ3v) is 8.66. The van der Waals surface area contributed by atoms with Gasteiger partial charge in [0, 0.05) is 22.7 Å². The number of carbonyl (C=O) groups excluding carboxylic acids is 1. The Labute approximate surface area is 229 Å². The molecule has 0 spiro atoms. The van der Waals surface area contributed by atoms with Crippen molar-refractivity contribution in [1.29, 1.82) is 0 Å². The van der Waals surface area contributed by atoms with Gasteiger partial charge in [-0.2, -0.15) is 0 Å². The van der Waals surface area contributed by atoms with Crippen LogP contribution < -0.4 is 10.6 Å². The first kappa shape index (κ1) is 26.6. The second kappa shape index (κ2) is 11.4. The number of nitrogens with one attached hydrogen (secondary N) is 2. The van der Waals surface area contributed by atoms with E-state index in [1.807, 2.05) is 19.1 Å². The summed E-state index contributed by atoms with van der Waals surface area (Å²) >= 11 is 6.24. The summed E-state index contributed by atoms with van der Waals surface area (Å²) in [7, 11) is 0. The second-order valence-corrected chi connectivity index (χ2v) is 11.5. The van der Waals surface area contributed by atoms with Gasteiger partial charge in [-0.1, -0.05) is 55.6 Å². The number of rotatable bonds is 7. The summed E-state index contributed by atoms with van der Waals surface area (Å²) in [6.45, 7) is 4.21. The molecule has 2 aromatic carbocycles. The van der Waals surface area contributed by atoms with E-state index >= 15 is 0 Å². The maximum atomic E-state index is 13.7. The summed E-state index contributed by atoms with van der Waals surface area (Å²) in [5.41, 5.74) is 2.81. The van der Waals surface area contributed by atoms with E-state index in [0.717, 1.165) is 61.3 Å². The number of aromatic nitrogens is 2. The average molecular weight is 535 g/mol. The Hall–Kier alpha value is -2.99. The van der Waals surface area contributed by atoms with E-state index in [4.69, 9.17) is 16.6 Å². The van der Waals surface area contributed by atoms with Gasteiger partial charge >= 0.3 is 0 Å². The molecule has 0 saturated heterocycles. The molecule has 200 valence electrons. The molecule has 38 heavy (non-hydrogen) atoms. The van der Waals surface area contributed by atoms with E-state index in [9.17, 15) is 9.18 Å². The van der Waals surface area contributed by atoms with Gasteiger partial charge in [-0.25, -0.2) is 14.4 Å². The van der Waals surface area contributed by atoms with Crippen molar-refractivity contribution in [2.75, 3.05) is 5.32 Å². The van der Waals surface area contributed by atoms with Gasteiger partial charge in [-0.05, 0) is 86.8 Å². The normalized spacial score (nSPS) is 21.6. The van der Waals surface area contributed by atoms with Gasteiger partial charge in [0.15, 0.2) is 0 Å². The smallest absolute Gasteiger partial charge is 0.255 e. The van der Waals surface area contributed by atoms with Crippen molar-refractivity contribution in [3.05, 3.63) is 88.0 Å². The third-order valence-electron chi connectivity index (χ3n) is 8.41. The molecule has 2 fully saturated rings. The van der Waals surface area contributed by atoms with E-state index in [1.165, 1.54) is 25.0 Å². The molecule has 1 unspecified atom stereocenters. The Morgan fingerprint density at radius 2 is 1.68 bits per heavy atom. The Bertz CT molecular complexity index is 1250. The van der Waals surface area contributed by atoms with Crippen molar-refractivity contribution in [1.82, 2.24) is 15.3 Å². The highest BCUT2D eigenvalue weighted by Gasteiger charge is 2.42. The molecule has 3 aromatic rings. The van der Waals surface area contributed by atoms with Crippen molar-refractivity contribution in [2.45, 2.75) is 82.7 Å². The van der Waals surface area contributed by atoms with E-state index in [0.29, 0.717) is 22.6 Å². The van der Waals surface area contributed by atoms with Crippen LogP contribution in [0.15, 0.2) is 54.7 Å². The van der Waals surface area contributed by atoms with Crippen LogP contribution in [0.1, 0.15) is 98.4 Å². The Kier molecular flexibility index (Phi) is 7.98. The highest BCUT2D eigenvalue weighted by atomic mass is 35.5. The molecule has 7 heteroatoms. The van der Waals surface area contributed by atoms with Crippen molar-refractivity contribution in [3.8, 4) is 0 Å². The third kappa shape index (κ3) is 5.70. The quantitative estimate of drug-likeness (QED) is 0.327. The van der Waals surface area contributed by atoms with Gasteiger partial charge in [-0.15, -0.1) is 0 Å². The van der Waals surface area contributed by atoms with Crippen molar-refractivity contribution in [3.63, 3.8) is 0 Å². The molecule has 2 aliphatic rings. The lowest BCUT2D eigenvalue weighted by atomic mass is 9.74. The monoisotopic (exact) mass is 534 g/mol. The number of hydrogen-bond acceptors (Lipinski definition) is 4. The van der Waals surface area contributed by atoms with Gasteiger partial charge < -0.3 is 10.6 Å². The minimum absolute atomic E-state index is 0.227. The molecule has 0 bridgehead atoms. The van der Waals surface area contributed by atoms with Crippen LogP contribution >= 0.6 is 11.6 Å². The predicted octanol–water partition coefficient (Wildman–Crippen LogP) is 7.61. The zero-order chi connectivity index (χ0) is 26.7. The lowest BCUT2D eigenvalue weighted by molar-refractivity contribution is 0.0936. The standard InChI is InChI=1S/C31H36ClFN4O/c1-20-5-15-26(16-6-20)36-30-34-19-27(29(38)35-21(2)22-7-13-25(33)14-8-22)28(37-30)31(17-3-4-18-31)23-9-11-24(32)12-10-23/h7-14,19-21,26H,3-6,15-18H2,1-2H3,(H,35,38)(H,34,36,37). The van der Waals surface area contributed by atoms with Crippen LogP contribution in [0.5, 0.6) is 0 Å². The molecular formula is C31H36ClFN4O. The van der Waals surface area contributed by atoms with Gasteiger partial charge in [0.25, 0.3) is 5.91 Å². The molecule has 5 rings (SSSR count). The largest absolute Gasteiger partial charge is 0.351 e. The summed E-state index contributed by atoms with van der Waals surface area (Å²) in [5, 5.41) is 7.35.